The molecule has 4 aromatic rings. The van der Waals surface area contributed by atoms with Crippen molar-refractivity contribution in [2.45, 2.75) is 18.8 Å². The predicted octanol–water partition coefficient (Wildman–Crippen LogP) is 2.89. The second-order valence-corrected chi connectivity index (χ2v) is 6.52. The van der Waals surface area contributed by atoms with Crippen molar-refractivity contribution >= 4 is 28.2 Å². The summed E-state index contributed by atoms with van der Waals surface area (Å²) in [5, 5.41) is 0. The van der Waals surface area contributed by atoms with E-state index in [-0.39, 0.29) is 0 Å². The van der Waals surface area contributed by atoms with Crippen LogP contribution in [0.5, 0.6) is 0 Å². The molecule has 0 radical (unpaired) electrons. The molecule has 5 rings (SSSR count). The first-order valence-corrected chi connectivity index (χ1v) is 8.52. The minimum absolute atomic E-state index is 0.349. The third kappa shape index (κ3) is 2.43. The molecule has 25 heavy (non-hydrogen) atoms. The van der Waals surface area contributed by atoms with E-state index in [1.54, 1.807) is 6.33 Å². The van der Waals surface area contributed by atoms with Crippen LogP contribution in [0.3, 0.4) is 0 Å². The van der Waals surface area contributed by atoms with E-state index in [9.17, 15) is 0 Å². The molecular weight excluding hydrogens is 316 g/mol. The summed E-state index contributed by atoms with van der Waals surface area (Å²) in [6.07, 6.45) is 5.58. The van der Waals surface area contributed by atoms with Crippen LogP contribution >= 0.6 is 0 Å². The van der Waals surface area contributed by atoms with E-state index in [0.29, 0.717) is 5.92 Å². The Kier molecular flexibility index (Phi) is 3.19. The van der Waals surface area contributed by atoms with Crippen molar-refractivity contribution in [3.63, 3.8) is 0 Å². The lowest BCUT2D eigenvalue weighted by Crippen LogP contribution is -2.34. The number of oxazole rings is 1. The van der Waals surface area contributed by atoms with Gasteiger partial charge in [-0.1, -0.05) is 12.1 Å². The molecule has 1 aliphatic heterocycles. The summed E-state index contributed by atoms with van der Waals surface area (Å²) in [5.41, 5.74) is 3.49. The average Bonchev–Trinajstić information content (AvgIpc) is 3.25. The van der Waals surface area contributed by atoms with Gasteiger partial charge in [0.1, 0.15) is 11.0 Å². The van der Waals surface area contributed by atoms with Gasteiger partial charge in [-0.05, 0) is 25.0 Å². The van der Waals surface area contributed by atoms with Gasteiger partial charge in [-0.25, -0.2) is 15.0 Å². The summed E-state index contributed by atoms with van der Waals surface area (Å²) in [6, 6.07) is 7.93. The van der Waals surface area contributed by atoms with Crippen LogP contribution in [0.1, 0.15) is 24.7 Å². The van der Waals surface area contributed by atoms with Crippen LogP contribution in [-0.2, 0) is 7.05 Å². The fourth-order valence-electron chi connectivity index (χ4n) is 3.45. The Labute approximate surface area is 144 Å². The van der Waals surface area contributed by atoms with Crippen LogP contribution in [0.4, 0.5) is 5.95 Å². The molecule has 7 heteroatoms. The molecule has 1 fully saturated rings. The standard InChI is InChI=1S/C18H18N6O/c1-23-11-20-16-14(23)10-19-18(22-16)24-8-6-12(7-9-24)17-21-13-4-2-3-5-15(13)25-17/h2-5,10-12H,6-9H2,1H3. The van der Waals surface area contributed by atoms with Gasteiger partial charge in [0.05, 0.1) is 12.5 Å². The lowest BCUT2D eigenvalue weighted by molar-refractivity contribution is 0.405. The highest BCUT2D eigenvalue weighted by Gasteiger charge is 2.26. The van der Waals surface area contributed by atoms with Crippen molar-refractivity contribution in [1.82, 2.24) is 24.5 Å². The number of anilines is 1. The fourth-order valence-corrected chi connectivity index (χ4v) is 3.45. The molecule has 1 aromatic carbocycles. The maximum atomic E-state index is 5.94. The third-order valence-electron chi connectivity index (χ3n) is 4.91. The Morgan fingerprint density at radius 2 is 1.92 bits per heavy atom. The van der Waals surface area contributed by atoms with Crippen LogP contribution in [0, 0.1) is 0 Å². The Hall–Kier alpha value is -2.96. The highest BCUT2D eigenvalue weighted by molar-refractivity contribution is 5.72. The first kappa shape index (κ1) is 14.4. The number of hydrogen-bond acceptors (Lipinski definition) is 6. The van der Waals surface area contributed by atoms with Crippen LogP contribution in [0.2, 0.25) is 0 Å². The number of fused-ring (bicyclic) bond motifs is 2. The number of hydrogen-bond donors (Lipinski definition) is 0. The number of imidazole rings is 1. The summed E-state index contributed by atoms with van der Waals surface area (Å²) < 4.78 is 7.86. The quantitative estimate of drug-likeness (QED) is 0.561. The molecule has 7 nitrogen and oxygen atoms in total. The zero-order valence-electron chi connectivity index (χ0n) is 14.0. The highest BCUT2D eigenvalue weighted by Crippen LogP contribution is 2.31. The van der Waals surface area contributed by atoms with Gasteiger partial charge < -0.3 is 13.9 Å². The van der Waals surface area contributed by atoms with Gasteiger partial charge in [0.2, 0.25) is 5.95 Å². The summed E-state index contributed by atoms with van der Waals surface area (Å²) in [7, 11) is 1.95. The highest BCUT2D eigenvalue weighted by atomic mass is 16.3. The van der Waals surface area contributed by atoms with Crippen molar-refractivity contribution < 1.29 is 4.42 Å². The molecule has 0 bridgehead atoms. The van der Waals surface area contributed by atoms with Gasteiger partial charge >= 0.3 is 0 Å². The fraction of sp³-hybridized carbons (Fsp3) is 0.333. The number of aryl methyl sites for hydroxylation is 1. The van der Waals surface area contributed by atoms with Gasteiger partial charge in [0.15, 0.2) is 17.1 Å². The van der Waals surface area contributed by atoms with Crippen LogP contribution in [0.15, 0.2) is 41.2 Å². The summed E-state index contributed by atoms with van der Waals surface area (Å²) in [5.74, 6) is 1.95. The average molecular weight is 334 g/mol. The van der Waals surface area contributed by atoms with Gasteiger partial charge in [-0.3, -0.25) is 0 Å². The van der Waals surface area contributed by atoms with Crippen molar-refractivity contribution in [2.24, 2.45) is 7.05 Å². The first-order valence-electron chi connectivity index (χ1n) is 8.52. The topological polar surface area (TPSA) is 72.9 Å². The van der Waals surface area contributed by atoms with Crippen molar-refractivity contribution in [3.8, 4) is 0 Å². The first-order chi connectivity index (χ1) is 12.3. The normalized spacial score (nSPS) is 16.1. The van der Waals surface area contributed by atoms with Gasteiger partial charge in [-0.15, -0.1) is 0 Å². The molecule has 0 atom stereocenters. The van der Waals surface area contributed by atoms with E-state index in [0.717, 1.165) is 60.0 Å². The Morgan fingerprint density at radius 3 is 2.76 bits per heavy atom. The van der Waals surface area contributed by atoms with Crippen LogP contribution in [0.25, 0.3) is 22.3 Å². The molecule has 126 valence electrons. The van der Waals surface area contributed by atoms with Crippen molar-refractivity contribution in [3.05, 3.63) is 42.7 Å². The predicted molar refractivity (Wildman–Crippen MR) is 94.5 cm³/mol. The van der Waals surface area contributed by atoms with E-state index in [1.807, 2.05) is 42.1 Å². The Morgan fingerprint density at radius 1 is 1.08 bits per heavy atom. The minimum Gasteiger partial charge on any atom is -0.440 e. The van der Waals surface area contributed by atoms with Crippen molar-refractivity contribution in [2.75, 3.05) is 18.0 Å². The molecule has 0 saturated carbocycles. The van der Waals surface area contributed by atoms with E-state index in [4.69, 9.17) is 4.42 Å². The number of piperidine rings is 1. The van der Waals surface area contributed by atoms with Gasteiger partial charge in [-0.2, -0.15) is 4.98 Å². The van der Waals surface area contributed by atoms with E-state index in [1.165, 1.54) is 0 Å². The lowest BCUT2D eigenvalue weighted by atomic mass is 9.97. The molecule has 1 aliphatic rings. The summed E-state index contributed by atoms with van der Waals surface area (Å²) >= 11 is 0. The lowest BCUT2D eigenvalue weighted by Gasteiger charge is -2.30. The maximum absolute atomic E-state index is 5.94. The number of aromatic nitrogens is 5. The molecule has 3 aromatic heterocycles. The molecule has 0 N–H and O–H groups in total. The largest absolute Gasteiger partial charge is 0.440 e. The van der Waals surface area contributed by atoms with E-state index in [2.05, 4.69) is 24.8 Å². The second kappa shape index (κ2) is 5.54. The molecule has 1 saturated heterocycles. The molecule has 0 unspecified atom stereocenters. The molecular formula is C18H18N6O. The molecule has 0 amide bonds. The zero-order chi connectivity index (χ0) is 16.8. The smallest absolute Gasteiger partial charge is 0.227 e. The molecule has 4 heterocycles. The Balaban J connectivity index is 1.34. The molecule has 0 aliphatic carbocycles. The Bertz CT molecular complexity index is 1010. The summed E-state index contributed by atoms with van der Waals surface area (Å²) in [4.78, 5) is 20.3. The number of para-hydroxylation sites is 2. The monoisotopic (exact) mass is 334 g/mol. The molecule has 0 spiro atoms. The van der Waals surface area contributed by atoms with E-state index < -0.39 is 0 Å². The van der Waals surface area contributed by atoms with Gasteiger partial charge in [0.25, 0.3) is 0 Å². The van der Waals surface area contributed by atoms with Gasteiger partial charge in [0, 0.05) is 26.1 Å². The SMILES string of the molecule is Cn1cnc2nc(N3CCC(c4nc5ccccc5o4)CC3)ncc21. The maximum Gasteiger partial charge on any atom is 0.227 e. The van der Waals surface area contributed by atoms with Crippen LogP contribution < -0.4 is 4.90 Å². The van der Waals surface area contributed by atoms with Crippen LogP contribution in [-0.4, -0.2) is 37.6 Å². The number of benzene rings is 1. The number of nitrogens with zero attached hydrogens (tertiary/aromatic N) is 6. The third-order valence-corrected chi connectivity index (χ3v) is 4.91. The minimum atomic E-state index is 0.349. The van der Waals surface area contributed by atoms with Crippen molar-refractivity contribution in [1.29, 1.82) is 0 Å². The summed E-state index contributed by atoms with van der Waals surface area (Å²) in [6.45, 7) is 1.78. The second-order valence-electron chi connectivity index (χ2n) is 6.52. The van der Waals surface area contributed by atoms with E-state index >= 15 is 0 Å². The zero-order valence-corrected chi connectivity index (χ0v) is 14.0. The number of rotatable bonds is 2.